The van der Waals surface area contributed by atoms with Crippen molar-refractivity contribution in [2.75, 3.05) is 26.2 Å². The van der Waals surface area contributed by atoms with Gasteiger partial charge in [-0.05, 0) is 46.1 Å². The third kappa shape index (κ3) is 6.04. The largest absolute Gasteiger partial charge is 0.353 e. The standard InChI is InChI=1S/C16H31N3O2/c1-5-14-9-7-8-10-19(14)16(21)12-18(6-2)11-15(20)17-13(3)4/h13-14H,5-12H2,1-4H3,(H,17,20). The van der Waals surface area contributed by atoms with Crippen molar-refractivity contribution < 1.29 is 9.59 Å². The number of piperidine rings is 1. The van der Waals surface area contributed by atoms with Crippen molar-refractivity contribution in [3.8, 4) is 0 Å². The number of rotatable bonds is 7. The molecule has 2 amide bonds. The number of amides is 2. The summed E-state index contributed by atoms with van der Waals surface area (Å²) in [7, 11) is 0. The molecule has 0 aromatic carbocycles. The van der Waals surface area contributed by atoms with Crippen LogP contribution in [-0.4, -0.2) is 59.9 Å². The number of nitrogens with one attached hydrogen (secondary N) is 1. The summed E-state index contributed by atoms with van der Waals surface area (Å²) >= 11 is 0. The van der Waals surface area contributed by atoms with Crippen molar-refractivity contribution in [2.45, 2.75) is 65.5 Å². The maximum atomic E-state index is 12.5. The van der Waals surface area contributed by atoms with Gasteiger partial charge in [0.15, 0.2) is 0 Å². The number of likely N-dealkylation sites (tertiary alicyclic amines) is 1. The Kier molecular flexibility index (Phi) is 7.72. The van der Waals surface area contributed by atoms with Crippen LogP contribution in [0, 0.1) is 0 Å². The predicted molar refractivity (Wildman–Crippen MR) is 85.0 cm³/mol. The van der Waals surface area contributed by atoms with Crippen LogP contribution in [0.3, 0.4) is 0 Å². The molecule has 122 valence electrons. The summed E-state index contributed by atoms with van der Waals surface area (Å²) in [5.74, 6) is 0.158. The molecule has 0 aromatic rings. The van der Waals surface area contributed by atoms with E-state index in [1.807, 2.05) is 30.6 Å². The monoisotopic (exact) mass is 297 g/mol. The fourth-order valence-corrected chi connectivity index (χ4v) is 2.89. The molecule has 1 aliphatic heterocycles. The fraction of sp³-hybridized carbons (Fsp3) is 0.875. The molecule has 1 rings (SSSR count). The quantitative estimate of drug-likeness (QED) is 0.777. The Bertz CT molecular complexity index is 344. The van der Waals surface area contributed by atoms with Crippen molar-refractivity contribution in [3.63, 3.8) is 0 Å². The Balaban J connectivity index is 2.51. The minimum atomic E-state index is -0.00895. The third-order valence-electron chi connectivity index (χ3n) is 4.04. The van der Waals surface area contributed by atoms with Crippen molar-refractivity contribution in [1.29, 1.82) is 0 Å². The Morgan fingerprint density at radius 2 is 1.95 bits per heavy atom. The lowest BCUT2D eigenvalue weighted by atomic mass is 10.00. The van der Waals surface area contributed by atoms with Gasteiger partial charge in [-0.3, -0.25) is 14.5 Å². The summed E-state index contributed by atoms with van der Waals surface area (Å²) in [5.41, 5.74) is 0. The number of carbonyl (C=O) groups excluding carboxylic acids is 2. The van der Waals surface area contributed by atoms with E-state index in [0.29, 0.717) is 25.7 Å². The number of nitrogens with zero attached hydrogens (tertiary/aromatic N) is 2. The summed E-state index contributed by atoms with van der Waals surface area (Å²) in [4.78, 5) is 28.3. The molecule has 5 nitrogen and oxygen atoms in total. The molecular formula is C16H31N3O2. The van der Waals surface area contributed by atoms with Gasteiger partial charge in [0.1, 0.15) is 0 Å². The van der Waals surface area contributed by atoms with Gasteiger partial charge < -0.3 is 10.2 Å². The van der Waals surface area contributed by atoms with E-state index in [1.165, 1.54) is 6.42 Å². The molecule has 1 unspecified atom stereocenters. The molecule has 1 heterocycles. The topological polar surface area (TPSA) is 52.7 Å². The van der Waals surface area contributed by atoms with Gasteiger partial charge in [0, 0.05) is 18.6 Å². The zero-order chi connectivity index (χ0) is 15.8. The minimum Gasteiger partial charge on any atom is -0.353 e. The molecule has 0 radical (unpaired) electrons. The van der Waals surface area contributed by atoms with Gasteiger partial charge in [-0.15, -0.1) is 0 Å². The summed E-state index contributed by atoms with van der Waals surface area (Å²) in [6.07, 6.45) is 4.45. The van der Waals surface area contributed by atoms with E-state index in [2.05, 4.69) is 12.2 Å². The molecule has 0 aliphatic carbocycles. The Hall–Kier alpha value is -1.10. The zero-order valence-electron chi connectivity index (χ0n) is 14.0. The lowest BCUT2D eigenvalue weighted by molar-refractivity contribution is -0.136. The van der Waals surface area contributed by atoms with Crippen LogP contribution in [0.25, 0.3) is 0 Å². The second-order valence-electron chi connectivity index (χ2n) is 6.17. The van der Waals surface area contributed by atoms with Crippen LogP contribution in [-0.2, 0) is 9.59 Å². The van der Waals surface area contributed by atoms with Crippen LogP contribution < -0.4 is 5.32 Å². The van der Waals surface area contributed by atoms with E-state index < -0.39 is 0 Å². The Morgan fingerprint density at radius 1 is 1.24 bits per heavy atom. The SMILES string of the molecule is CCC1CCCCN1C(=O)CN(CC)CC(=O)NC(C)C. The third-order valence-corrected chi connectivity index (χ3v) is 4.04. The average Bonchev–Trinajstić information content (AvgIpc) is 2.45. The molecule has 0 spiro atoms. The fourth-order valence-electron chi connectivity index (χ4n) is 2.89. The Labute approximate surface area is 129 Å². The summed E-state index contributed by atoms with van der Waals surface area (Å²) in [6, 6.07) is 0.521. The molecule has 1 atom stereocenters. The summed E-state index contributed by atoms with van der Waals surface area (Å²) < 4.78 is 0. The summed E-state index contributed by atoms with van der Waals surface area (Å²) in [6.45, 7) is 10.2. The van der Waals surface area contributed by atoms with Crippen LogP contribution in [0.1, 0.15) is 53.4 Å². The molecule has 21 heavy (non-hydrogen) atoms. The highest BCUT2D eigenvalue weighted by Gasteiger charge is 2.26. The van der Waals surface area contributed by atoms with Crippen LogP contribution in [0.2, 0.25) is 0 Å². The van der Waals surface area contributed by atoms with Gasteiger partial charge >= 0.3 is 0 Å². The van der Waals surface area contributed by atoms with E-state index >= 15 is 0 Å². The smallest absolute Gasteiger partial charge is 0.237 e. The van der Waals surface area contributed by atoms with Crippen molar-refractivity contribution >= 4 is 11.8 Å². The molecule has 0 bridgehead atoms. The number of hydrogen-bond acceptors (Lipinski definition) is 3. The number of likely N-dealkylation sites (N-methyl/N-ethyl adjacent to an activating group) is 1. The van der Waals surface area contributed by atoms with Crippen LogP contribution in [0.15, 0.2) is 0 Å². The number of carbonyl (C=O) groups is 2. The Morgan fingerprint density at radius 3 is 2.52 bits per heavy atom. The predicted octanol–water partition coefficient (Wildman–Crippen LogP) is 1.62. The van der Waals surface area contributed by atoms with Gasteiger partial charge in [0.25, 0.3) is 0 Å². The van der Waals surface area contributed by atoms with Gasteiger partial charge in [-0.1, -0.05) is 13.8 Å². The van der Waals surface area contributed by atoms with E-state index in [9.17, 15) is 9.59 Å². The molecule has 0 saturated carbocycles. The molecule has 0 aromatic heterocycles. The van der Waals surface area contributed by atoms with Gasteiger partial charge in [0.2, 0.25) is 11.8 Å². The number of hydrogen-bond donors (Lipinski definition) is 1. The lowest BCUT2D eigenvalue weighted by Crippen LogP contribution is -2.49. The normalized spacial score (nSPS) is 19.1. The highest BCUT2D eigenvalue weighted by atomic mass is 16.2. The summed E-state index contributed by atoms with van der Waals surface area (Å²) in [5, 5.41) is 2.87. The highest BCUT2D eigenvalue weighted by Crippen LogP contribution is 2.19. The first-order valence-corrected chi connectivity index (χ1v) is 8.29. The van der Waals surface area contributed by atoms with Gasteiger partial charge in [0.05, 0.1) is 13.1 Å². The van der Waals surface area contributed by atoms with Crippen molar-refractivity contribution in [1.82, 2.24) is 15.1 Å². The lowest BCUT2D eigenvalue weighted by Gasteiger charge is -2.36. The average molecular weight is 297 g/mol. The second-order valence-corrected chi connectivity index (χ2v) is 6.17. The molecule has 1 fully saturated rings. The van der Waals surface area contributed by atoms with E-state index in [4.69, 9.17) is 0 Å². The first-order chi connectivity index (χ1) is 9.97. The first kappa shape index (κ1) is 18.0. The van der Waals surface area contributed by atoms with E-state index in [0.717, 1.165) is 25.8 Å². The zero-order valence-corrected chi connectivity index (χ0v) is 14.0. The minimum absolute atomic E-state index is 0.00895. The van der Waals surface area contributed by atoms with Crippen molar-refractivity contribution in [3.05, 3.63) is 0 Å². The van der Waals surface area contributed by atoms with Crippen molar-refractivity contribution in [2.24, 2.45) is 0 Å². The molecular weight excluding hydrogens is 266 g/mol. The van der Waals surface area contributed by atoms with E-state index in [1.54, 1.807) is 0 Å². The van der Waals surface area contributed by atoms with Gasteiger partial charge in [-0.25, -0.2) is 0 Å². The highest BCUT2D eigenvalue weighted by molar-refractivity contribution is 5.81. The second kappa shape index (κ2) is 9.03. The molecule has 1 aliphatic rings. The van der Waals surface area contributed by atoms with Crippen LogP contribution in [0.5, 0.6) is 0 Å². The van der Waals surface area contributed by atoms with Crippen LogP contribution >= 0.6 is 0 Å². The van der Waals surface area contributed by atoms with E-state index in [-0.39, 0.29) is 17.9 Å². The molecule has 1 saturated heterocycles. The maximum absolute atomic E-state index is 12.5. The first-order valence-electron chi connectivity index (χ1n) is 8.29. The maximum Gasteiger partial charge on any atom is 0.237 e. The molecule has 1 N–H and O–H groups in total. The van der Waals surface area contributed by atoms with Crippen LogP contribution in [0.4, 0.5) is 0 Å². The molecule has 5 heteroatoms. The van der Waals surface area contributed by atoms with Gasteiger partial charge in [-0.2, -0.15) is 0 Å².